The number of rotatable bonds is 3. The molecule has 4 heteroatoms. The first-order valence-corrected chi connectivity index (χ1v) is 7.90. The Morgan fingerprint density at radius 3 is 2.95 bits per heavy atom. The molecule has 1 N–H and O–H groups in total. The normalized spacial score (nSPS) is 26.7. The summed E-state index contributed by atoms with van der Waals surface area (Å²) < 4.78 is 14.0. The van der Waals surface area contributed by atoms with Crippen molar-refractivity contribution in [3.63, 3.8) is 0 Å². The Kier molecular flexibility index (Phi) is 4.52. The van der Waals surface area contributed by atoms with Crippen LogP contribution < -0.4 is 5.32 Å². The van der Waals surface area contributed by atoms with Crippen LogP contribution in [0.5, 0.6) is 0 Å². The Labute approximate surface area is 125 Å². The fourth-order valence-electron chi connectivity index (χ4n) is 3.66. The predicted molar refractivity (Wildman–Crippen MR) is 80.1 cm³/mol. The smallest absolute Gasteiger partial charge is 0.129 e. The maximum atomic E-state index is 14.0. The predicted octanol–water partition coefficient (Wildman–Crippen LogP) is 2.66. The first kappa shape index (κ1) is 14.5. The number of halogens is 1. The van der Waals surface area contributed by atoms with Crippen LogP contribution in [0.15, 0.2) is 18.2 Å². The molecule has 2 aliphatic heterocycles. The van der Waals surface area contributed by atoms with E-state index in [2.05, 4.69) is 10.2 Å². The zero-order valence-corrected chi connectivity index (χ0v) is 12.3. The molecule has 112 valence electrons. The van der Waals surface area contributed by atoms with E-state index in [1.807, 2.05) is 6.07 Å². The molecule has 2 atom stereocenters. The number of benzene rings is 1. The molecular weight excluding hydrogens is 265 g/mol. The molecule has 3 nitrogen and oxygen atoms in total. The van der Waals surface area contributed by atoms with Gasteiger partial charge in [0.2, 0.25) is 0 Å². The van der Waals surface area contributed by atoms with Gasteiger partial charge in [-0.05, 0) is 56.8 Å². The zero-order valence-electron chi connectivity index (χ0n) is 12.3. The number of hydrogen-bond acceptors (Lipinski definition) is 3. The number of likely N-dealkylation sites (tertiary alicyclic amines) is 1. The van der Waals surface area contributed by atoms with Crippen LogP contribution in [0.4, 0.5) is 4.39 Å². The number of nitriles is 1. The minimum Gasteiger partial charge on any atom is -0.314 e. The molecule has 2 saturated heterocycles. The van der Waals surface area contributed by atoms with Crippen molar-refractivity contribution >= 4 is 0 Å². The SMILES string of the molecule is N#Cc1ccc(CN2CCCC(C3CCCN3)C2)c(F)c1. The van der Waals surface area contributed by atoms with Crippen LogP contribution in [0.25, 0.3) is 0 Å². The van der Waals surface area contributed by atoms with E-state index in [4.69, 9.17) is 5.26 Å². The quantitative estimate of drug-likeness (QED) is 0.929. The topological polar surface area (TPSA) is 39.1 Å². The summed E-state index contributed by atoms with van der Waals surface area (Å²) in [5, 5.41) is 12.4. The molecule has 2 unspecified atom stereocenters. The summed E-state index contributed by atoms with van der Waals surface area (Å²) in [5.74, 6) is 0.442. The molecular formula is C17H22FN3. The van der Waals surface area contributed by atoms with Gasteiger partial charge in [-0.2, -0.15) is 5.26 Å². The van der Waals surface area contributed by atoms with Gasteiger partial charge in [-0.1, -0.05) is 6.07 Å². The lowest BCUT2D eigenvalue weighted by Crippen LogP contribution is -2.43. The molecule has 0 amide bonds. The Bertz CT molecular complexity index is 531. The third-order valence-electron chi connectivity index (χ3n) is 4.79. The van der Waals surface area contributed by atoms with Crippen molar-refractivity contribution in [2.24, 2.45) is 5.92 Å². The lowest BCUT2D eigenvalue weighted by Gasteiger charge is -2.35. The van der Waals surface area contributed by atoms with Crippen LogP contribution in [0.1, 0.15) is 36.8 Å². The van der Waals surface area contributed by atoms with E-state index in [0.717, 1.165) is 19.6 Å². The van der Waals surface area contributed by atoms with E-state index in [-0.39, 0.29) is 5.82 Å². The second-order valence-corrected chi connectivity index (χ2v) is 6.26. The van der Waals surface area contributed by atoms with E-state index >= 15 is 0 Å². The van der Waals surface area contributed by atoms with Gasteiger partial charge in [0.05, 0.1) is 11.6 Å². The monoisotopic (exact) mass is 287 g/mol. The van der Waals surface area contributed by atoms with Crippen molar-refractivity contribution in [2.45, 2.75) is 38.3 Å². The van der Waals surface area contributed by atoms with Gasteiger partial charge in [0.25, 0.3) is 0 Å². The second kappa shape index (κ2) is 6.55. The number of nitrogens with zero attached hydrogens (tertiary/aromatic N) is 2. The highest BCUT2D eigenvalue weighted by Gasteiger charge is 2.29. The van der Waals surface area contributed by atoms with Gasteiger partial charge in [-0.15, -0.1) is 0 Å². The maximum absolute atomic E-state index is 14.0. The van der Waals surface area contributed by atoms with Crippen molar-refractivity contribution in [1.29, 1.82) is 5.26 Å². The molecule has 0 aromatic heterocycles. The number of nitrogens with one attached hydrogen (secondary N) is 1. The molecule has 1 aromatic rings. The minimum absolute atomic E-state index is 0.254. The van der Waals surface area contributed by atoms with Crippen LogP contribution in [-0.2, 0) is 6.54 Å². The molecule has 1 aromatic carbocycles. The molecule has 2 aliphatic rings. The van der Waals surface area contributed by atoms with E-state index in [1.54, 1.807) is 12.1 Å². The van der Waals surface area contributed by atoms with Crippen LogP contribution in [0, 0.1) is 23.1 Å². The fourth-order valence-corrected chi connectivity index (χ4v) is 3.66. The molecule has 21 heavy (non-hydrogen) atoms. The fraction of sp³-hybridized carbons (Fsp3) is 0.588. The molecule has 0 aliphatic carbocycles. The van der Waals surface area contributed by atoms with E-state index in [1.165, 1.54) is 31.7 Å². The van der Waals surface area contributed by atoms with Gasteiger partial charge >= 0.3 is 0 Å². The van der Waals surface area contributed by atoms with E-state index in [0.29, 0.717) is 29.6 Å². The average Bonchev–Trinajstić information content (AvgIpc) is 3.04. The van der Waals surface area contributed by atoms with Gasteiger partial charge in [0.15, 0.2) is 0 Å². The first-order chi connectivity index (χ1) is 10.3. The maximum Gasteiger partial charge on any atom is 0.129 e. The molecule has 0 spiro atoms. The Balaban J connectivity index is 1.63. The molecule has 0 bridgehead atoms. The summed E-state index contributed by atoms with van der Waals surface area (Å²) >= 11 is 0. The highest BCUT2D eigenvalue weighted by Crippen LogP contribution is 2.26. The average molecular weight is 287 g/mol. The summed E-state index contributed by atoms with van der Waals surface area (Å²) in [4.78, 5) is 2.36. The third-order valence-corrected chi connectivity index (χ3v) is 4.79. The van der Waals surface area contributed by atoms with Gasteiger partial charge in [-0.3, -0.25) is 4.90 Å². The van der Waals surface area contributed by atoms with Crippen LogP contribution >= 0.6 is 0 Å². The summed E-state index contributed by atoms with van der Waals surface area (Å²) in [6.07, 6.45) is 5.04. The van der Waals surface area contributed by atoms with Crippen molar-refractivity contribution in [2.75, 3.05) is 19.6 Å². The molecule has 3 rings (SSSR count). The zero-order chi connectivity index (χ0) is 14.7. The Morgan fingerprint density at radius 1 is 1.33 bits per heavy atom. The van der Waals surface area contributed by atoms with Crippen molar-refractivity contribution < 1.29 is 4.39 Å². The summed E-state index contributed by atoms with van der Waals surface area (Å²) in [5.41, 5.74) is 1.09. The summed E-state index contributed by atoms with van der Waals surface area (Å²) in [7, 11) is 0. The lowest BCUT2D eigenvalue weighted by molar-refractivity contribution is 0.144. The van der Waals surface area contributed by atoms with Crippen LogP contribution in [0.3, 0.4) is 0 Å². The van der Waals surface area contributed by atoms with E-state index in [9.17, 15) is 4.39 Å². The second-order valence-electron chi connectivity index (χ2n) is 6.26. The third kappa shape index (κ3) is 3.42. The largest absolute Gasteiger partial charge is 0.314 e. The lowest BCUT2D eigenvalue weighted by atomic mass is 9.89. The van der Waals surface area contributed by atoms with Gasteiger partial charge in [0.1, 0.15) is 5.82 Å². The van der Waals surface area contributed by atoms with Crippen LogP contribution in [-0.4, -0.2) is 30.6 Å². The number of piperidine rings is 1. The summed E-state index contributed by atoms with van der Waals surface area (Å²) in [6.45, 7) is 3.89. The Hall–Kier alpha value is -1.44. The molecule has 2 heterocycles. The summed E-state index contributed by atoms with van der Waals surface area (Å²) in [6, 6.07) is 7.44. The Morgan fingerprint density at radius 2 is 2.24 bits per heavy atom. The number of hydrogen-bond donors (Lipinski definition) is 1. The van der Waals surface area contributed by atoms with Gasteiger partial charge < -0.3 is 5.32 Å². The molecule has 0 saturated carbocycles. The standard InChI is InChI=1S/C17H22FN3/c18-16-9-13(10-19)5-6-14(16)11-21-8-2-3-15(12-21)17-4-1-7-20-17/h5-6,9,15,17,20H,1-4,7-8,11-12H2. The van der Waals surface area contributed by atoms with Crippen LogP contribution in [0.2, 0.25) is 0 Å². The molecule has 2 fully saturated rings. The van der Waals surface area contributed by atoms with Crippen molar-refractivity contribution in [1.82, 2.24) is 10.2 Å². The van der Waals surface area contributed by atoms with E-state index < -0.39 is 0 Å². The van der Waals surface area contributed by atoms with Crippen molar-refractivity contribution in [3.8, 4) is 6.07 Å². The van der Waals surface area contributed by atoms with Crippen molar-refractivity contribution in [3.05, 3.63) is 35.1 Å². The highest BCUT2D eigenvalue weighted by molar-refractivity contribution is 5.32. The van der Waals surface area contributed by atoms with Gasteiger partial charge in [0, 0.05) is 24.7 Å². The molecule has 0 radical (unpaired) electrons. The minimum atomic E-state index is -0.254. The highest BCUT2D eigenvalue weighted by atomic mass is 19.1. The first-order valence-electron chi connectivity index (χ1n) is 7.90. The van der Waals surface area contributed by atoms with Gasteiger partial charge in [-0.25, -0.2) is 4.39 Å².